The maximum atomic E-state index is 11.3. The summed E-state index contributed by atoms with van der Waals surface area (Å²) in [5.41, 5.74) is 20.9. The van der Waals surface area contributed by atoms with Crippen molar-refractivity contribution in [3.8, 4) is 0 Å². The Labute approximate surface area is 831 Å². The van der Waals surface area contributed by atoms with Crippen LogP contribution in [0.2, 0.25) is 0 Å². The Morgan fingerprint density at radius 3 is 0.978 bits per heavy atom. The van der Waals surface area contributed by atoms with Gasteiger partial charge in [0.15, 0.2) is 0 Å². The zero-order valence-corrected chi connectivity index (χ0v) is 89.1. The lowest BCUT2D eigenvalue weighted by Gasteiger charge is -2.12. The smallest absolute Gasteiger partial charge is 0.266 e. The summed E-state index contributed by atoms with van der Waals surface area (Å²) < 4.78 is 8.97. The molecule has 2 aliphatic rings. The Morgan fingerprint density at radius 1 is 0.345 bits per heavy atom. The van der Waals surface area contributed by atoms with E-state index in [1.165, 1.54) is 41.8 Å². The fourth-order valence-corrected chi connectivity index (χ4v) is 11.2. The first-order valence-corrected chi connectivity index (χ1v) is 47.2. The first-order valence-electron chi connectivity index (χ1n) is 47.2. The van der Waals surface area contributed by atoms with Crippen LogP contribution in [0.5, 0.6) is 0 Å². The van der Waals surface area contributed by atoms with Gasteiger partial charge in [-0.15, -0.1) is 0 Å². The van der Waals surface area contributed by atoms with E-state index < -0.39 is 0 Å². The molecule has 13 rings (SSSR count). The van der Waals surface area contributed by atoms with Crippen molar-refractivity contribution in [3.63, 3.8) is 0 Å². The highest BCUT2D eigenvalue weighted by molar-refractivity contribution is 5.62. The third-order valence-electron chi connectivity index (χ3n) is 20.9. The topological polar surface area (TPSA) is 330 Å². The van der Waals surface area contributed by atoms with Gasteiger partial charge < -0.3 is 28.9 Å². The molecule has 760 valence electrons. The number of aromatic nitrogens is 17. The summed E-state index contributed by atoms with van der Waals surface area (Å²) in [4.78, 5) is 93.9. The molecule has 0 saturated heterocycles. The van der Waals surface area contributed by atoms with Gasteiger partial charge in [-0.05, 0) is 246 Å². The van der Waals surface area contributed by atoms with Crippen molar-refractivity contribution >= 4 is 6.34 Å². The van der Waals surface area contributed by atoms with Gasteiger partial charge in [-0.25, -0.2) is 24.4 Å². The van der Waals surface area contributed by atoms with E-state index in [0.29, 0.717) is 76.9 Å². The number of H-pyrrole nitrogens is 1. The van der Waals surface area contributed by atoms with Crippen LogP contribution in [0.1, 0.15) is 351 Å². The fourth-order valence-electron chi connectivity index (χ4n) is 11.2. The van der Waals surface area contributed by atoms with Crippen LogP contribution < -0.4 is 49.5 Å². The third kappa shape index (κ3) is 52.8. The standard InChI is InChI=1S/C10H15NO.2C9H13NO.3C9H13N.3C8H12N2O.3C8H12N2.C7H10N2O.2CH4/c1-4-11-6-5-9(8(2)3)7-10(11)12;2*1-7(2)8-4-5-10(3)9(11)6-8;3*1-7(2)9-4-5-10-8(3)6-9;1-6(2)7-4-8(11)10(3)5-9-7;2*1-6(2)7-4-8(11)10(3)9-5-7;1-6(2)8-4-7(3)9-5-10-8;2*1-6(2)8-4-7(3)10-9-5-8;1-5(2)6-3-7(10)9-8-4-6;;/h5-8H,4H2,1-3H3;2*4-7H,1-3H3;2*4-7H,1-3H3;4-7,10H,3H2,1-2H3;3*4-6H,1-3H3;4-6H,3H2,1-2H3,(H,9,10);2*4-6H,1-3H3;3-5H,1-2H3,(H,9,10);2*1H4. The highest BCUT2D eigenvalue weighted by atomic mass is 16.2. The zero-order valence-electron chi connectivity index (χ0n) is 89.1. The summed E-state index contributed by atoms with van der Waals surface area (Å²) in [5.74, 6) is 6.14. The number of nitrogens with one attached hydrogen (secondary N) is 3. The SMILES string of the molecule is C.C.C=C1C=C(C(C)C)C=CN1.C=C1C=C(C(C)C)N=CN1.CC(C)c1cc(=O)n(C)cn1.CC(C)c1ccn(C)c(=O)c1.CC(C)c1ccn(C)c(=O)c1.CC(C)c1cn[nH]c(=O)c1.CC(C)c1cnn(C)c(=O)c1.CC(C)c1cnn(C)c(=O)c1.CCn1ccc(C(C)C)cc1=O.Cc1cc(C(C)C)ccn1.Cc1cc(C(C)C)ccn1.Cc1cc(C(C)C)cnn1.Cc1cc(C(C)C)cnn1. The Kier molecular flexibility index (Phi) is 61.7. The van der Waals surface area contributed by atoms with Crippen molar-refractivity contribution in [2.75, 3.05) is 0 Å². The highest BCUT2D eigenvalue weighted by Gasteiger charge is 2.10. The molecular weight excluding hydrogens is 1740 g/mol. The molecule has 27 nitrogen and oxygen atoms in total. The van der Waals surface area contributed by atoms with Gasteiger partial charge >= 0.3 is 0 Å². The molecule has 11 aromatic rings. The molecule has 0 fully saturated rings. The molecule has 139 heavy (non-hydrogen) atoms. The van der Waals surface area contributed by atoms with Crippen molar-refractivity contribution < 1.29 is 0 Å². The average Bonchev–Trinajstić information content (AvgIpc) is 0.857. The third-order valence-corrected chi connectivity index (χ3v) is 20.9. The summed E-state index contributed by atoms with van der Waals surface area (Å²) in [6, 6.07) is 30.0. The van der Waals surface area contributed by atoms with E-state index in [9.17, 15) is 33.6 Å². The molecule has 0 aromatic carbocycles. The number of nitrogens with zero attached hydrogens (tertiary/aromatic N) is 17. The Hall–Kier alpha value is -13.2. The fraction of sp³-hybridized carbons (Fsp3) is 0.464. The van der Waals surface area contributed by atoms with Crippen LogP contribution in [0.15, 0.2) is 264 Å². The zero-order chi connectivity index (χ0) is 104. The molecule has 0 radical (unpaired) electrons. The van der Waals surface area contributed by atoms with Gasteiger partial charge in [-0.3, -0.25) is 43.5 Å². The van der Waals surface area contributed by atoms with E-state index >= 15 is 0 Å². The van der Waals surface area contributed by atoms with Gasteiger partial charge in [-0.2, -0.15) is 35.7 Å². The summed E-state index contributed by atoms with van der Waals surface area (Å²) in [6.07, 6.45) is 29.2. The number of hydrogen-bond donors (Lipinski definition) is 3. The van der Waals surface area contributed by atoms with Gasteiger partial charge in [0.05, 0.1) is 60.7 Å². The minimum absolute atomic E-state index is 0. The molecule has 3 N–H and O–H groups in total. The van der Waals surface area contributed by atoms with Crippen molar-refractivity contribution in [3.05, 3.63) is 382 Å². The predicted molar refractivity (Wildman–Crippen MR) is 581 cm³/mol. The lowest BCUT2D eigenvalue weighted by molar-refractivity contribution is 0.689. The van der Waals surface area contributed by atoms with Crippen LogP contribution in [0.3, 0.4) is 0 Å². The molecule has 0 unspecified atom stereocenters. The molecule has 11 aromatic heterocycles. The number of dihydropyridines is 1. The molecule has 0 spiro atoms. The molecule has 0 saturated carbocycles. The van der Waals surface area contributed by atoms with E-state index in [2.05, 4.69) is 258 Å². The minimum atomic E-state index is -0.133. The molecular formula is C112H170N20O7. The van der Waals surface area contributed by atoms with Crippen molar-refractivity contribution in [1.29, 1.82) is 0 Å². The number of hydrogen-bond acceptors (Lipinski definition) is 20. The second-order valence-corrected chi connectivity index (χ2v) is 37.4. The van der Waals surface area contributed by atoms with E-state index in [0.717, 1.165) is 85.5 Å². The molecule has 0 aliphatic carbocycles. The second kappa shape index (κ2) is 67.1. The second-order valence-electron chi connectivity index (χ2n) is 37.4. The van der Waals surface area contributed by atoms with E-state index in [4.69, 9.17) is 0 Å². The van der Waals surface area contributed by atoms with E-state index in [1.54, 1.807) is 135 Å². The monoisotopic (exact) mass is 1910 g/mol. The normalized spacial score (nSPS) is 11.3. The quantitative estimate of drug-likeness (QED) is 0.0910. The summed E-state index contributed by atoms with van der Waals surface area (Å²) in [6.45, 7) is 72.9. The molecule has 0 bridgehead atoms. The average molecular weight is 1910 g/mol. The molecule has 0 atom stereocenters. The van der Waals surface area contributed by atoms with Crippen LogP contribution in [-0.2, 0) is 41.8 Å². The summed E-state index contributed by atoms with van der Waals surface area (Å²) in [7, 11) is 8.50. The number of aromatic amines is 1. The first-order chi connectivity index (χ1) is 64.1. The number of allylic oxidation sites excluding steroid dienone is 5. The van der Waals surface area contributed by atoms with Crippen molar-refractivity contribution in [2.45, 2.75) is 301 Å². The van der Waals surface area contributed by atoms with Gasteiger partial charge in [0.25, 0.3) is 38.9 Å². The number of rotatable bonds is 14. The largest absolute Gasteiger partial charge is 0.362 e. The molecule has 2 aliphatic heterocycles. The lowest BCUT2D eigenvalue weighted by Crippen LogP contribution is -2.19. The maximum absolute atomic E-state index is 11.3. The number of aryl methyl sites for hydroxylation is 10. The molecule has 0 amide bonds. The minimum Gasteiger partial charge on any atom is -0.362 e. The van der Waals surface area contributed by atoms with Crippen LogP contribution in [-0.4, -0.2) is 89.7 Å². The summed E-state index contributed by atoms with van der Waals surface area (Å²) in [5, 5.41) is 35.2. The Bertz CT molecular complexity index is 5430. The number of aliphatic imine (C=N–C) groups is 1. The van der Waals surface area contributed by atoms with Gasteiger partial charge in [0, 0.05) is 150 Å². The van der Waals surface area contributed by atoms with Crippen LogP contribution in [0.25, 0.3) is 0 Å². The highest BCUT2D eigenvalue weighted by Crippen LogP contribution is 2.21. The van der Waals surface area contributed by atoms with Crippen LogP contribution in [0, 0.1) is 39.5 Å². The predicted octanol–water partition coefficient (Wildman–Crippen LogP) is 22.6. The Balaban J connectivity index is 0. The van der Waals surface area contributed by atoms with Crippen LogP contribution in [0.4, 0.5) is 0 Å². The van der Waals surface area contributed by atoms with Gasteiger partial charge in [-0.1, -0.05) is 208 Å². The maximum Gasteiger partial charge on any atom is 0.266 e. The Morgan fingerprint density at radius 2 is 0.698 bits per heavy atom. The van der Waals surface area contributed by atoms with E-state index in [1.807, 2.05) is 151 Å². The van der Waals surface area contributed by atoms with Gasteiger partial charge in [0.1, 0.15) is 0 Å². The van der Waals surface area contributed by atoms with Crippen LogP contribution >= 0.6 is 0 Å². The lowest BCUT2D eigenvalue weighted by atomic mass is 10.0. The van der Waals surface area contributed by atoms with Crippen molar-refractivity contribution in [1.82, 2.24) is 94.0 Å². The summed E-state index contributed by atoms with van der Waals surface area (Å²) >= 11 is 0. The molecule has 13 heterocycles. The number of pyridine rings is 5. The van der Waals surface area contributed by atoms with E-state index in [-0.39, 0.29) is 53.8 Å². The van der Waals surface area contributed by atoms with Crippen molar-refractivity contribution in [2.24, 2.45) is 52.1 Å². The first kappa shape index (κ1) is 128. The molecule has 27 heteroatoms. The van der Waals surface area contributed by atoms with Gasteiger partial charge in [0.2, 0.25) is 0 Å².